The molecule has 0 aliphatic rings. The van der Waals surface area contributed by atoms with Crippen LogP contribution in [0.1, 0.15) is 6.42 Å². The van der Waals surface area contributed by atoms with Gasteiger partial charge in [-0.25, -0.2) is 0 Å². The van der Waals surface area contributed by atoms with Crippen molar-refractivity contribution in [3.05, 3.63) is 0 Å². The highest BCUT2D eigenvalue weighted by Crippen LogP contribution is 1.91. The van der Waals surface area contributed by atoms with Gasteiger partial charge in [0.15, 0.2) is 6.29 Å². The van der Waals surface area contributed by atoms with Crippen LogP contribution in [0.4, 0.5) is 0 Å². The van der Waals surface area contributed by atoms with Crippen LogP contribution in [0.3, 0.4) is 0 Å². The van der Waals surface area contributed by atoms with Crippen LogP contribution in [0.5, 0.6) is 0 Å². The lowest BCUT2D eigenvalue weighted by atomic mass is 10.2. The molecule has 2 radical (unpaired) electrons. The zero-order valence-electron chi connectivity index (χ0n) is 5.55. The fourth-order valence-corrected chi connectivity index (χ4v) is 0.409. The van der Waals surface area contributed by atoms with Gasteiger partial charge in [-0.1, -0.05) is 0 Å². The van der Waals surface area contributed by atoms with E-state index in [1.807, 2.05) is 0 Å². The molecule has 0 aromatic heterocycles. The number of nitrogens with zero attached hydrogens (tertiary/aromatic N) is 1. The zero-order valence-corrected chi connectivity index (χ0v) is 5.55. The Labute approximate surface area is 54.6 Å². The maximum atomic E-state index is 9.99. The van der Waals surface area contributed by atoms with Gasteiger partial charge in [0.2, 0.25) is 6.29 Å². The normalized spacial score (nSPS) is 13.2. The van der Waals surface area contributed by atoms with Gasteiger partial charge in [-0.2, -0.15) is 0 Å². The van der Waals surface area contributed by atoms with Crippen LogP contribution in [0.25, 0.3) is 0 Å². The topological polar surface area (TPSA) is 37.4 Å². The highest BCUT2D eigenvalue weighted by atomic mass is 16.1. The summed E-state index contributed by atoms with van der Waals surface area (Å²) < 4.78 is 0. The molecule has 1 atom stereocenters. The van der Waals surface area contributed by atoms with E-state index >= 15 is 0 Å². The summed E-state index contributed by atoms with van der Waals surface area (Å²) in [6.45, 7) is 0. The van der Waals surface area contributed by atoms with E-state index in [0.29, 0.717) is 0 Å². The Hall–Kier alpha value is -0.700. The second kappa shape index (κ2) is 4.21. The molecule has 1 unspecified atom stereocenters. The minimum absolute atomic E-state index is 0.108. The number of likely N-dealkylation sites (N-methyl/N-ethyl adjacent to an activating group) is 1. The summed E-state index contributed by atoms with van der Waals surface area (Å²) in [5, 5.41) is 0. The predicted molar refractivity (Wildman–Crippen MR) is 33.5 cm³/mol. The van der Waals surface area contributed by atoms with E-state index in [4.69, 9.17) is 0 Å². The lowest BCUT2D eigenvalue weighted by Gasteiger charge is -2.13. The SMILES string of the molecule is CN(C)C([C]=O)C[C]=O. The summed E-state index contributed by atoms with van der Waals surface area (Å²) >= 11 is 0. The van der Waals surface area contributed by atoms with Crippen LogP contribution in [0.2, 0.25) is 0 Å². The third-order valence-corrected chi connectivity index (χ3v) is 1.04. The Bertz CT molecular complexity index is 101. The summed E-state index contributed by atoms with van der Waals surface area (Å²) in [7, 11) is 3.43. The molecule has 0 amide bonds. The fraction of sp³-hybridized carbons (Fsp3) is 0.667. The minimum Gasteiger partial charge on any atom is -0.299 e. The van der Waals surface area contributed by atoms with E-state index in [1.165, 1.54) is 0 Å². The number of rotatable bonds is 4. The smallest absolute Gasteiger partial charge is 0.217 e. The van der Waals surface area contributed by atoms with E-state index < -0.39 is 6.04 Å². The summed E-state index contributed by atoms with van der Waals surface area (Å²) in [6, 6.07) is -0.428. The summed E-state index contributed by atoms with van der Waals surface area (Å²) in [4.78, 5) is 21.4. The average molecular weight is 127 g/mol. The molecule has 0 aromatic carbocycles. The second-order valence-electron chi connectivity index (χ2n) is 1.95. The first-order valence-corrected chi connectivity index (χ1v) is 2.61. The third-order valence-electron chi connectivity index (χ3n) is 1.04. The maximum absolute atomic E-state index is 9.99. The van der Waals surface area contributed by atoms with Crippen molar-refractivity contribution in [1.82, 2.24) is 4.90 Å². The number of carbonyl (C=O) groups excluding carboxylic acids is 2. The van der Waals surface area contributed by atoms with Crippen molar-refractivity contribution < 1.29 is 9.59 Å². The van der Waals surface area contributed by atoms with Crippen LogP contribution in [-0.2, 0) is 9.59 Å². The van der Waals surface area contributed by atoms with E-state index in [1.54, 1.807) is 31.6 Å². The molecular formula is C6H9NO2. The Morgan fingerprint density at radius 1 is 1.44 bits per heavy atom. The van der Waals surface area contributed by atoms with Crippen LogP contribution in [0, 0.1) is 0 Å². The van der Waals surface area contributed by atoms with Gasteiger partial charge in [-0.15, -0.1) is 0 Å². The largest absolute Gasteiger partial charge is 0.299 e. The quantitative estimate of drug-likeness (QED) is 0.512. The molecule has 0 fully saturated rings. The van der Waals surface area contributed by atoms with Crippen molar-refractivity contribution in [3.63, 3.8) is 0 Å². The molecule has 0 saturated heterocycles. The van der Waals surface area contributed by atoms with Gasteiger partial charge in [-0.05, 0) is 14.1 Å². The van der Waals surface area contributed by atoms with Gasteiger partial charge >= 0.3 is 0 Å². The molecule has 3 heteroatoms. The molecule has 9 heavy (non-hydrogen) atoms. The van der Waals surface area contributed by atoms with Gasteiger partial charge in [0.25, 0.3) is 0 Å². The van der Waals surface area contributed by atoms with Crippen LogP contribution in [-0.4, -0.2) is 37.6 Å². The lowest BCUT2D eigenvalue weighted by molar-refractivity contribution is 0.351. The fourth-order valence-electron chi connectivity index (χ4n) is 0.409. The molecule has 3 nitrogen and oxygen atoms in total. The molecule has 0 N–H and O–H groups in total. The first kappa shape index (κ1) is 8.30. The Kier molecular flexibility index (Phi) is 3.88. The first-order valence-electron chi connectivity index (χ1n) is 2.61. The first-order chi connectivity index (χ1) is 4.22. The summed E-state index contributed by atoms with van der Waals surface area (Å²) in [5.41, 5.74) is 0. The third kappa shape index (κ3) is 2.98. The van der Waals surface area contributed by atoms with Crippen molar-refractivity contribution >= 4 is 12.6 Å². The van der Waals surface area contributed by atoms with Gasteiger partial charge in [0.1, 0.15) is 0 Å². The Morgan fingerprint density at radius 3 is 2.11 bits per heavy atom. The van der Waals surface area contributed by atoms with Crippen molar-refractivity contribution in [2.45, 2.75) is 12.5 Å². The molecule has 0 bridgehead atoms. The minimum atomic E-state index is -0.428. The molecule has 0 aliphatic carbocycles. The summed E-state index contributed by atoms with van der Waals surface area (Å²) in [6.07, 6.45) is 3.47. The van der Waals surface area contributed by atoms with Crippen molar-refractivity contribution in [3.8, 4) is 0 Å². The predicted octanol–water partition coefficient (Wildman–Crippen LogP) is -0.474. The maximum Gasteiger partial charge on any atom is 0.217 e. The highest BCUT2D eigenvalue weighted by molar-refractivity contribution is 5.65. The van der Waals surface area contributed by atoms with Crippen molar-refractivity contribution in [2.75, 3.05) is 14.1 Å². The Balaban J connectivity index is 3.66. The molecule has 0 aliphatic heterocycles. The van der Waals surface area contributed by atoms with Crippen molar-refractivity contribution in [1.29, 1.82) is 0 Å². The zero-order chi connectivity index (χ0) is 7.28. The summed E-state index contributed by atoms with van der Waals surface area (Å²) in [5.74, 6) is 0. The molecule has 0 aromatic rings. The van der Waals surface area contributed by atoms with E-state index in [9.17, 15) is 9.59 Å². The number of hydrogen-bond donors (Lipinski definition) is 0. The second-order valence-corrected chi connectivity index (χ2v) is 1.95. The lowest BCUT2D eigenvalue weighted by Crippen LogP contribution is -2.29. The molecule has 0 heterocycles. The molecule has 0 saturated carbocycles. The standard InChI is InChI=1S/C6H9NO2/c1-7(2)6(5-9)3-4-8/h6H,3H2,1-2H3. The van der Waals surface area contributed by atoms with Crippen LogP contribution < -0.4 is 0 Å². The monoisotopic (exact) mass is 127 g/mol. The van der Waals surface area contributed by atoms with Crippen LogP contribution >= 0.6 is 0 Å². The van der Waals surface area contributed by atoms with Crippen molar-refractivity contribution in [2.24, 2.45) is 0 Å². The van der Waals surface area contributed by atoms with E-state index in [-0.39, 0.29) is 6.42 Å². The van der Waals surface area contributed by atoms with Gasteiger partial charge in [0.05, 0.1) is 6.04 Å². The number of hydrogen-bond acceptors (Lipinski definition) is 3. The van der Waals surface area contributed by atoms with Gasteiger partial charge < -0.3 is 0 Å². The van der Waals surface area contributed by atoms with Crippen LogP contribution in [0.15, 0.2) is 0 Å². The van der Waals surface area contributed by atoms with Gasteiger partial charge in [0, 0.05) is 6.42 Å². The molecular weight excluding hydrogens is 118 g/mol. The molecule has 0 rings (SSSR count). The van der Waals surface area contributed by atoms with E-state index in [0.717, 1.165) is 0 Å². The molecule has 0 spiro atoms. The Morgan fingerprint density at radius 2 is 2.00 bits per heavy atom. The van der Waals surface area contributed by atoms with E-state index in [2.05, 4.69) is 0 Å². The average Bonchev–Trinajstić information content (AvgIpc) is 1.82. The van der Waals surface area contributed by atoms with Gasteiger partial charge in [-0.3, -0.25) is 14.5 Å². The molecule has 50 valence electrons. The highest BCUT2D eigenvalue weighted by Gasteiger charge is 2.09.